The molecule has 0 amide bonds. The molecule has 0 aliphatic carbocycles. The lowest BCUT2D eigenvalue weighted by Crippen LogP contribution is -2.35. The molecule has 76 valence electrons. The predicted octanol–water partition coefficient (Wildman–Crippen LogP) is 0.342. The lowest BCUT2D eigenvalue weighted by Gasteiger charge is -2.16. The second-order valence-corrected chi connectivity index (χ2v) is 3.17. The van der Waals surface area contributed by atoms with E-state index in [1.165, 1.54) is 31.2 Å². The van der Waals surface area contributed by atoms with Crippen LogP contribution in [0.15, 0.2) is 24.3 Å². The number of phenolic OH excluding ortho intramolecular Hbond substituents is 1. The first-order chi connectivity index (χ1) is 6.52. The van der Waals surface area contributed by atoms with Crippen LogP contribution in [-0.2, 0) is 4.79 Å². The minimum atomic E-state index is -1.02. The molecule has 0 aliphatic heterocycles. The van der Waals surface area contributed by atoms with Crippen molar-refractivity contribution >= 4 is 5.78 Å². The first-order valence-electron chi connectivity index (χ1n) is 4.25. The number of rotatable bonds is 3. The molecule has 1 rings (SSSR count). The van der Waals surface area contributed by atoms with Crippen molar-refractivity contribution in [1.29, 1.82) is 0 Å². The summed E-state index contributed by atoms with van der Waals surface area (Å²) < 4.78 is 0. The van der Waals surface area contributed by atoms with Gasteiger partial charge in [0.1, 0.15) is 17.6 Å². The van der Waals surface area contributed by atoms with Crippen molar-refractivity contribution in [3.05, 3.63) is 29.8 Å². The van der Waals surface area contributed by atoms with Crippen LogP contribution in [0.3, 0.4) is 0 Å². The van der Waals surface area contributed by atoms with E-state index in [2.05, 4.69) is 0 Å². The average Bonchev–Trinajstić information content (AvgIpc) is 2.16. The molecular formula is C10H13NO3. The van der Waals surface area contributed by atoms with Crippen molar-refractivity contribution < 1.29 is 15.0 Å². The molecule has 4 nitrogen and oxygen atoms in total. The summed E-state index contributed by atoms with van der Waals surface area (Å²) >= 11 is 0. The van der Waals surface area contributed by atoms with Crippen LogP contribution in [0, 0.1) is 0 Å². The van der Waals surface area contributed by atoms with Crippen molar-refractivity contribution in [3.8, 4) is 5.75 Å². The number of nitrogens with two attached hydrogens (primary N) is 1. The van der Waals surface area contributed by atoms with Crippen molar-refractivity contribution in [2.75, 3.05) is 0 Å². The smallest absolute Gasteiger partial charge is 0.149 e. The summed E-state index contributed by atoms with van der Waals surface area (Å²) in [5, 5.41) is 18.6. The van der Waals surface area contributed by atoms with Gasteiger partial charge >= 0.3 is 0 Å². The molecule has 1 aromatic rings. The average molecular weight is 195 g/mol. The summed E-state index contributed by atoms with van der Waals surface area (Å²) in [7, 11) is 0. The highest BCUT2D eigenvalue weighted by molar-refractivity contribution is 5.82. The number of Topliss-reactive ketones (excluding diaryl/α,β-unsaturated/α-hetero) is 1. The third kappa shape index (κ3) is 2.31. The highest BCUT2D eigenvalue weighted by Gasteiger charge is 2.20. The molecule has 14 heavy (non-hydrogen) atoms. The Morgan fingerprint density at radius 2 is 1.86 bits per heavy atom. The molecule has 2 atom stereocenters. The van der Waals surface area contributed by atoms with Crippen LogP contribution in [-0.4, -0.2) is 22.0 Å². The molecule has 0 spiro atoms. The van der Waals surface area contributed by atoms with Gasteiger partial charge in [-0.05, 0) is 24.6 Å². The fraction of sp³-hybridized carbons (Fsp3) is 0.300. The highest BCUT2D eigenvalue weighted by atomic mass is 16.3. The van der Waals surface area contributed by atoms with Crippen LogP contribution in [0.4, 0.5) is 0 Å². The number of carbonyl (C=O) groups is 1. The zero-order valence-corrected chi connectivity index (χ0v) is 7.84. The Labute approximate surface area is 82.0 Å². The Balaban J connectivity index is 2.84. The van der Waals surface area contributed by atoms with Crippen LogP contribution in [0.25, 0.3) is 0 Å². The Morgan fingerprint density at radius 1 is 1.36 bits per heavy atom. The molecule has 0 fully saturated rings. The van der Waals surface area contributed by atoms with E-state index in [0.717, 1.165) is 0 Å². The predicted molar refractivity (Wildman–Crippen MR) is 51.7 cm³/mol. The van der Waals surface area contributed by atoms with E-state index in [4.69, 9.17) is 10.8 Å². The normalized spacial score (nSPS) is 14.8. The number of carbonyl (C=O) groups excluding carboxylic acids is 1. The minimum absolute atomic E-state index is 0.109. The fourth-order valence-corrected chi connectivity index (χ4v) is 1.10. The second-order valence-electron chi connectivity index (χ2n) is 3.17. The number of ketones is 1. The van der Waals surface area contributed by atoms with Gasteiger partial charge in [-0.2, -0.15) is 0 Å². The third-order valence-corrected chi connectivity index (χ3v) is 2.04. The van der Waals surface area contributed by atoms with Crippen molar-refractivity contribution in [2.24, 2.45) is 5.73 Å². The summed E-state index contributed by atoms with van der Waals surface area (Å²) in [4.78, 5) is 10.9. The Kier molecular flexibility index (Phi) is 3.22. The van der Waals surface area contributed by atoms with E-state index >= 15 is 0 Å². The Morgan fingerprint density at radius 3 is 2.29 bits per heavy atom. The molecule has 4 N–H and O–H groups in total. The van der Waals surface area contributed by atoms with Gasteiger partial charge in [0.2, 0.25) is 0 Å². The first-order valence-corrected chi connectivity index (χ1v) is 4.25. The molecular weight excluding hydrogens is 182 g/mol. The van der Waals surface area contributed by atoms with Gasteiger partial charge in [-0.15, -0.1) is 0 Å². The number of aliphatic hydroxyl groups is 1. The quantitative estimate of drug-likeness (QED) is 0.649. The summed E-state index contributed by atoms with van der Waals surface area (Å²) in [5.74, 6) is -0.164. The number of benzene rings is 1. The standard InChI is InChI=1S/C10H13NO3/c1-6(12)9(11)10(14)7-2-4-8(13)5-3-7/h2-5,9-10,13-14H,11H2,1H3/t9-,10-/m1/s1. The molecule has 1 aromatic carbocycles. The van der Waals surface area contributed by atoms with E-state index in [0.29, 0.717) is 5.56 Å². The van der Waals surface area contributed by atoms with Gasteiger partial charge in [0.15, 0.2) is 0 Å². The van der Waals surface area contributed by atoms with Gasteiger partial charge in [0.05, 0.1) is 6.04 Å². The van der Waals surface area contributed by atoms with E-state index in [9.17, 15) is 9.90 Å². The van der Waals surface area contributed by atoms with Gasteiger partial charge in [-0.1, -0.05) is 12.1 Å². The number of aromatic hydroxyl groups is 1. The summed E-state index contributed by atoms with van der Waals surface area (Å²) in [6, 6.07) is 5.02. The van der Waals surface area contributed by atoms with Gasteiger partial charge in [-0.25, -0.2) is 0 Å². The van der Waals surface area contributed by atoms with Gasteiger partial charge in [0.25, 0.3) is 0 Å². The lowest BCUT2D eigenvalue weighted by atomic mass is 10.0. The molecule has 0 radical (unpaired) electrons. The summed E-state index contributed by atoms with van der Waals surface area (Å²) in [6.45, 7) is 1.33. The molecule has 0 bridgehead atoms. The number of hydrogen-bond donors (Lipinski definition) is 3. The van der Waals surface area contributed by atoms with Gasteiger partial charge in [-0.3, -0.25) is 4.79 Å². The second kappa shape index (κ2) is 4.21. The zero-order chi connectivity index (χ0) is 10.7. The van der Waals surface area contributed by atoms with Crippen LogP contribution < -0.4 is 5.73 Å². The van der Waals surface area contributed by atoms with Crippen LogP contribution in [0.5, 0.6) is 5.75 Å². The maximum absolute atomic E-state index is 10.9. The van der Waals surface area contributed by atoms with E-state index < -0.39 is 12.1 Å². The zero-order valence-electron chi connectivity index (χ0n) is 7.84. The lowest BCUT2D eigenvalue weighted by molar-refractivity contribution is -0.120. The molecule has 0 heterocycles. The summed E-state index contributed by atoms with van der Waals surface area (Å²) in [5.41, 5.74) is 5.99. The SMILES string of the molecule is CC(=O)[C@@H](N)[C@H](O)c1ccc(O)cc1. The van der Waals surface area contributed by atoms with E-state index in [1.807, 2.05) is 0 Å². The Bertz CT molecular complexity index is 321. The van der Waals surface area contributed by atoms with E-state index in [1.54, 1.807) is 0 Å². The van der Waals surface area contributed by atoms with Crippen LogP contribution in [0.1, 0.15) is 18.6 Å². The molecule has 0 aliphatic rings. The maximum Gasteiger partial charge on any atom is 0.149 e. The molecule has 0 unspecified atom stereocenters. The van der Waals surface area contributed by atoms with Crippen molar-refractivity contribution in [3.63, 3.8) is 0 Å². The monoisotopic (exact) mass is 195 g/mol. The van der Waals surface area contributed by atoms with E-state index in [-0.39, 0.29) is 11.5 Å². The number of aliphatic hydroxyl groups excluding tert-OH is 1. The molecule has 0 saturated heterocycles. The van der Waals surface area contributed by atoms with Crippen LogP contribution >= 0.6 is 0 Å². The topological polar surface area (TPSA) is 83.6 Å². The van der Waals surface area contributed by atoms with Crippen LogP contribution in [0.2, 0.25) is 0 Å². The summed E-state index contributed by atoms with van der Waals surface area (Å²) in [6.07, 6.45) is -1.02. The minimum Gasteiger partial charge on any atom is -0.508 e. The fourth-order valence-electron chi connectivity index (χ4n) is 1.10. The highest BCUT2D eigenvalue weighted by Crippen LogP contribution is 2.18. The third-order valence-electron chi connectivity index (χ3n) is 2.04. The number of hydrogen-bond acceptors (Lipinski definition) is 4. The largest absolute Gasteiger partial charge is 0.508 e. The maximum atomic E-state index is 10.9. The van der Waals surface area contributed by atoms with Gasteiger partial charge in [0, 0.05) is 0 Å². The van der Waals surface area contributed by atoms with Gasteiger partial charge < -0.3 is 15.9 Å². The molecule has 4 heteroatoms. The molecule has 0 aromatic heterocycles. The van der Waals surface area contributed by atoms with Crippen molar-refractivity contribution in [1.82, 2.24) is 0 Å². The van der Waals surface area contributed by atoms with Crippen molar-refractivity contribution in [2.45, 2.75) is 19.1 Å². The molecule has 0 saturated carbocycles. The number of phenols is 1. The first kappa shape index (κ1) is 10.7. The Hall–Kier alpha value is -1.39.